The van der Waals surface area contributed by atoms with Crippen LogP contribution in [0.4, 0.5) is 0 Å². The summed E-state index contributed by atoms with van der Waals surface area (Å²) < 4.78 is 14.3. The van der Waals surface area contributed by atoms with Gasteiger partial charge in [-0.25, -0.2) is 0 Å². The first-order valence-corrected chi connectivity index (χ1v) is 13.7. The van der Waals surface area contributed by atoms with Crippen LogP contribution in [0.25, 0.3) is 0 Å². The molecule has 1 aromatic rings. The second-order valence-electron chi connectivity index (χ2n) is 5.16. The molecular formula is C15H24O3Sn. The topological polar surface area (TPSA) is 27.7 Å². The summed E-state index contributed by atoms with van der Waals surface area (Å²) in [5, 5.41) is 0. The molecular weight excluding hydrogens is 347 g/mol. The molecule has 0 radical (unpaired) electrons. The number of hydrogen-bond acceptors (Lipinski definition) is 3. The van der Waals surface area contributed by atoms with Crippen molar-refractivity contribution in [3.63, 3.8) is 0 Å². The summed E-state index contributed by atoms with van der Waals surface area (Å²) in [6.45, 7) is 4.42. The molecule has 3 nitrogen and oxygen atoms in total. The Bertz CT molecular complexity index is 361. The van der Waals surface area contributed by atoms with Crippen LogP contribution in [-0.4, -0.2) is 19.2 Å². The third-order valence-electron chi connectivity index (χ3n) is 3.50. The van der Waals surface area contributed by atoms with Gasteiger partial charge >= 0.3 is 121 Å². The Balaban J connectivity index is 2.01. The standard InChI is InChI=1S/C7H7O3.2C4H9.Sn/c8-7(10-9)6-4-2-1-3-5-6;2*1-3-4-2;/h1-5,7,9H;2*1,3-4H2,2H3;/q-1;;;+2/p-1. The molecule has 0 aliphatic carbocycles. The molecule has 19 heavy (non-hydrogen) atoms. The van der Waals surface area contributed by atoms with E-state index >= 15 is 0 Å². The second kappa shape index (κ2) is 7.62. The summed E-state index contributed by atoms with van der Waals surface area (Å²) in [4.78, 5) is 5.52. The van der Waals surface area contributed by atoms with Crippen molar-refractivity contribution in [1.29, 1.82) is 0 Å². The average molecular weight is 371 g/mol. The molecule has 1 atom stereocenters. The molecule has 0 spiro atoms. The zero-order valence-electron chi connectivity index (χ0n) is 11.9. The van der Waals surface area contributed by atoms with Crippen molar-refractivity contribution in [2.24, 2.45) is 0 Å². The van der Waals surface area contributed by atoms with Gasteiger partial charge in [-0.2, -0.15) is 0 Å². The Labute approximate surface area is 121 Å². The summed E-state index contributed by atoms with van der Waals surface area (Å²) >= 11 is -2.96. The fourth-order valence-electron chi connectivity index (χ4n) is 2.32. The molecule has 4 heteroatoms. The predicted molar refractivity (Wildman–Crippen MR) is 77.6 cm³/mol. The summed E-state index contributed by atoms with van der Waals surface area (Å²) in [7, 11) is 0. The minimum atomic E-state index is -2.96. The first-order chi connectivity index (χ1) is 9.29. The van der Waals surface area contributed by atoms with Gasteiger partial charge < -0.3 is 0 Å². The van der Waals surface area contributed by atoms with Crippen LogP contribution in [0.5, 0.6) is 0 Å². The Morgan fingerprint density at radius 3 is 2.21 bits per heavy atom. The SMILES string of the molecule is CCC[CH2][Sn]1([CH2]CCC)[O]OC(c2ccccc2)[O]1. The van der Waals surface area contributed by atoms with Crippen molar-refractivity contribution in [2.45, 2.75) is 54.7 Å². The van der Waals surface area contributed by atoms with E-state index in [1.165, 1.54) is 25.7 Å². The van der Waals surface area contributed by atoms with Crippen LogP contribution in [0.3, 0.4) is 0 Å². The van der Waals surface area contributed by atoms with E-state index in [9.17, 15) is 0 Å². The van der Waals surface area contributed by atoms with Gasteiger partial charge in [0, 0.05) is 0 Å². The summed E-state index contributed by atoms with van der Waals surface area (Å²) in [6, 6.07) is 10.1. The molecule has 1 saturated heterocycles. The minimum absolute atomic E-state index is 0.300. The molecule has 2 rings (SSSR count). The van der Waals surface area contributed by atoms with Crippen molar-refractivity contribution in [2.75, 3.05) is 0 Å². The molecule has 0 N–H and O–H groups in total. The van der Waals surface area contributed by atoms with Gasteiger partial charge in [0.1, 0.15) is 0 Å². The third-order valence-corrected chi connectivity index (χ3v) is 12.8. The van der Waals surface area contributed by atoms with E-state index < -0.39 is 19.2 Å². The van der Waals surface area contributed by atoms with Crippen molar-refractivity contribution in [1.82, 2.24) is 0 Å². The molecule has 1 unspecified atom stereocenters. The van der Waals surface area contributed by atoms with Crippen molar-refractivity contribution < 1.29 is 11.2 Å². The maximum absolute atomic E-state index is 6.30. The summed E-state index contributed by atoms with van der Waals surface area (Å²) in [6.07, 6.45) is 4.45. The van der Waals surface area contributed by atoms with E-state index in [1.807, 2.05) is 30.3 Å². The van der Waals surface area contributed by atoms with Crippen molar-refractivity contribution in [3.05, 3.63) is 35.9 Å². The van der Waals surface area contributed by atoms with Gasteiger partial charge in [0.2, 0.25) is 0 Å². The molecule has 1 aliphatic heterocycles. The molecule has 1 aromatic carbocycles. The number of unbranched alkanes of at least 4 members (excludes halogenated alkanes) is 2. The van der Waals surface area contributed by atoms with E-state index in [0.717, 1.165) is 14.4 Å². The van der Waals surface area contributed by atoms with Crippen molar-refractivity contribution >= 4 is 19.2 Å². The first kappa shape index (κ1) is 15.3. The van der Waals surface area contributed by atoms with E-state index in [-0.39, 0.29) is 6.29 Å². The Kier molecular flexibility index (Phi) is 6.13. The van der Waals surface area contributed by atoms with Gasteiger partial charge in [-0.15, -0.1) is 0 Å². The monoisotopic (exact) mass is 372 g/mol. The number of hydrogen-bond donors (Lipinski definition) is 0. The third kappa shape index (κ3) is 4.18. The Hall–Kier alpha value is -0.101. The molecule has 1 heterocycles. The van der Waals surface area contributed by atoms with E-state index in [0.29, 0.717) is 0 Å². The Morgan fingerprint density at radius 1 is 1.00 bits per heavy atom. The van der Waals surface area contributed by atoms with Crippen LogP contribution in [0.1, 0.15) is 51.4 Å². The summed E-state index contributed by atoms with van der Waals surface area (Å²) in [5.74, 6) is 0. The van der Waals surface area contributed by atoms with Gasteiger partial charge in [-0.3, -0.25) is 0 Å². The average Bonchev–Trinajstić information content (AvgIpc) is 2.89. The van der Waals surface area contributed by atoms with Gasteiger partial charge in [-0.05, 0) is 0 Å². The van der Waals surface area contributed by atoms with Gasteiger partial charge in [0.05, 0.1) is 0 Å². The van der Waals surface area contributed by atoms with E-state index in [4.69, 9.17) is 11.2 Å². The van der Waals surface area contributed by atoms with Gasteiger partial charge in [-0.1, -0.05) is 0 Å². The fraction of sp³-hybridized carbons (Fsp3) is 0.600. The van der Waals surface area contributed by atoms with Gasteiger partial charge in [0.15, 0.2) is 0 Å². The van der Waals surface area contributed by atoms with E-state index in [1.54, 1.807) is 0 Å². The van der Waals surface area contributed by atoms with Crippen LogP contribution >= 0.6 is 0 Å². The van der Waals surface area contributed by atoms with Crippen molar-refractivity contribution in [3.8, 4) is 0 Å². The summed E-state index contributed by atoms with van der Waals surface area (Å²) in [5.41, 5.74) is 1.06. The van der Waals surface area contributed by atoms with Crippen LogP contribution in [0.15, 0.2) is 30.3 Å². The first-order valence-electron chi connectivity index (χ1n) is 7.37. The normalized spacial score (nSPS) is 21.7. The quantitative estimate of drug-likeness (QED) is 0.514. The number of rotatable bonds is 7. The maximum atomic E-state index is 6.30. The van der Waals surface area contributed by atoms with Crippen LogP contribution in [-0.2, 0) is 11.2 Å². The van der Waals surface area contributed by atoms with Crippen LogP contribution < -0.4 is 0 Å². The number of benzene rings is 1. The van der Waals surface area contributed by atoms with Crippen LogP contribution in [0.2, 0.25) is 8.87 Å². The molecule has 1 aliphatic rings. The fourth-order valence-corrected chi connectivity index (χ4v) is 11.7. The zero-order valence-corrected chi connectivity index (χ0v) is 14.8. The molecule has 0 amide bonds. The zero-order chi connectivity index (χ0) is 13.6. The molecule has 0 aromatic heterocycles. The molecule has 0 saturated carbocycles. The van der Waals surface area contributed by atoms with E-state index in [2.05, 4.69) is 13.8 Å². The predicted octanol–water partition coefficient (Wildman–Crippen LogP) is 4.71. The Morgan fingerprint density at radius 2 is 1.63 bits per heavy atom. The van der Waals surface area contributed by atoms with Crippen LogP contribution in [0, 0.1) is 0 Å². The second-order valence-corrected chi connectivity index (χ2v) is 14.4. The van der Waals surface area contributed by atoms with Gasteiger partial charge in [0.25, 0.3) is 0 Å². The molecule has 0 bridgehead atoms. The molecule has 1 fully saturated rings. The molecule has 106 valence electrons.